The molecule has 2 aromatic rings. The van der Waals surface area contributed by atoms with Crippen molar-refractivity contribution in [3.05, 3.63) is 46.3 Å². The van der Waals surface area contributed by atoms with Crippen molar-refractivity contribution in [2.75, 3.05) is 24.5 Å². The number of aryl methyl sites for hydroxylation is 1. The number of carbonyl (C=O) groups is 3. The van der Waals surface area contributed by atoms with Crippen LogP contribution in [0.2, 0.25) is 0 Å². The first kappa shape index (κ1) is 26.9. The highest BCUT2D eigenvalue weighted by molar-refractivity contribution is 7.16. The van der Waals surface area contributed by atoms with Gasteiger partial charge in [-0.25, -0.2) is 0 Å². The van der Waals surface area contributed by atoms with E-state index in [9.17, 15) is 19.6 Å². The number of carboxylic acid groups (broad SMARTS) is 2. The molecule has 1 aromatic carbocycles. The second-order valence-electron chi connectivity index (χ2n) is 8.65. The number of carboxylic acids is 2. The van der Waals surface area contributed by atoms with Gasteiger partial charge in [-0.2, -0.15) is 5.26 Å². The number of amides is 1. The van der Waals surface area contributed by atoms with Crippen LogP contribution in [-0.2, 0) is 20.8 Å². The number of thiophene rings is 1. The van der Waals surface area contributed by atoms with Gasteiger partial charge in [0.2, 0.25) is 0 Å². The van der Waals surface area contributed by atoms with Crippen LogP contribution in [0.1, 0.15) is 42.5 Å². The Bertz CT molecular complexity index is 1180. The maximum atomic E-state index is 12.4. The maximum Gasteiger partial charge on any atom is 0.320 e. The van der Waals surface area contributed by atoms with E-state index in [0.29, 0.717) is 32.4 Å². The number of fused-ring (bicyclic) bond motifs is 1. The van der Waals surface area contributed by atoms with E-state index < -0.39 is 23.9 Å². The Morgan fingerprint density at radius 3 is 2.75 bits per heavy atom. The van der Waals surface area contributed by atoms with Crippen molar-refractivity contribution < 1.29 is 24.6 Å². The second-order valence-corrected chi connectivity index (χ2v) is 9.76. The summed E-state index contributed by atoms with van der Waals surface area (Å²) in [7, 11) is 0. The van der Waals surface area contributed by atoms with Crippen LogP contribution in [0.25, 0.3) is 16.5 Å². The highest BCUT2D eigenvalue weighted by Gasteiger charge is 2.19. The summed E-state index contributed by atoms with van der Waals surface area (Å²) in [6, 6.07) is 11.1. The molecule has 36 heavy (non-hydrogen) atoms. The fraction of sp³-hybridized carbons (Fsp3) is 0.385. The molecule has 1 aromatic heterocycles. The van der Waals surface area contributed by atoms with E-state index in [1.165, 1.54) is 16.9 Å². The largest absolute Gasteiger partial charge is 0.481 e. The van der Waals surface area contributed by atoms with Gasteiger partial charge in [0.1, 0.15) is 17.7 Å². The van der Waals surface area contributed by atoms with Gasteiger partial charge in [0.15, 0.2) is 0 Å². The van der Waals surface area contributed by atoms with E-state index in [1.807, 2.05) is 30.3 Å². The summed E-state index contributed by atoms with van der Waals surface area (Å²) >= 11 is 1.48. The van der Waals surface area contributed by atoms with E-state index in [-0.39, 0.29) is 12.0 Å². The average molecular weight is 511 g/mol. The van der Waals surface area contributed by atoms with Gasteiger partial charge in [0, 0.05) is 35.1 Å². The zero-order chi connectivity index (χ0) is 26.1. The fourth-order valence-corrected chi connectivity index (χ4v) is 5.03. The Kier molecular flexibility index (Phi) is 9.61. The number of aliphatic carboxylic acids is 2. The Hall–Kier alpha value is -3.68. The minimum Gasteiger partial charge on any atom is -0.481 e. The Morgan fingerprint density at radius 2 is 2.03 bits per heavy atom. The van der Waals surface area contributed by atoms with E-state index in [0.717, 1.165) is 40.4 Å². The van der Waals surface area contributed by atoms with Crippen LogP contribution >= 0.6 is 11.3 Å². The van der Waals surface area contributed by atoms with Gasteiger partial charge in [0.25, 0.3) is 5.91 Å². The molecular formula is C26H30N4O5S. The average Bonchev–Trinajstić information content (AvgIpc) is 3.33. The standard InChI is InChI=1S/C26H30N4O5S/c27-16-19(25(33)29-11-2-1-5-21(28)26(34)35)15-20-7-9-23(36-20)18-6-8-22-17(14-18)4-3-12-30(22)13-10-24(31)32/h6-9,14-15,21H,1-5,10-13,28H2,(H,29,33)(H,31,32)(H,34,35)/b19-15+. The molecule has 1 unspecified atom stereocenters. The van der Waals surface area contributed by atoms with Gasteiger partial charge in [0.05, 0.1) is 6.42 Å². The lowest BCUT2D eigenvalue weighted by atomic mass is 9.98. The molecule has 0 saturated heterocycles. The van der Waals surface area contributed by atoms with Crippen molar-refractivity contribution in [2.45, 2.75) is 44.6 Å². The van der Waals surface area contributed by atoms with Crippen LogP contribution in [0.4, 0.5) is 5.69 Å². The summed E-state index contributed by atoms with van der Waals surface area (Å²) in [6.07, 6.45) is 5.04. The summed E-state index contributed by atoms with van der Waals surface area (Å²) in [5, 5.41) is 29.9. The third-order valence-electron chi connectivity index (χ3n) is 6.00. The van der Waals surface area contributed by atoms with Crippen molar-refractivity contribution in [3.63, 3.8) is 0 Å². The number of rotatable bonds is 12. The van der Waals surface area contributed by atoms with Gasteiger partial charge < -0.3 is 26.2 Å². The molecule has 1 atom stereocenters. The minimum absolute atomic E-state index is 0.00477. The number of anilines is 1. The SMILES string of the molecule is N#C/C(=C\c1ccc(-c2ccc3c(c2)CCCN3CCC(=O)O)s1)C(=O)NCCCCC(N)C(=O)O. The van der Waals surface area contributed by atoms with Crippen LogP contribution in [0.15, 0.2) is 35.9 Å². The molecule has 0 saturated carbocycles. The van der Waals surface area contributed by atoms with Crippen LogP contribution < -0.4 is 16.0 Å². The number of benzene rings is 1. The van der Waals surface area contributed by atoms with Crippen molar-refractivity contribution in [3.8, 4) is 16.5 Å². The molecule has 3 rings (SSSR count). The van der Waals surface area contributed by atoms with Crippen molar-refractivity contribution >= 4 is 40.9 Å². The lowest BCUT2D eigenvalue weighted by Crippen LogP contribution is -2.31. The van der Waals surface area contributed by atoms with Crippen LogP contribution in [0.5, 0.6) is 0 Å². The molecule has 9 nitrogen and oxygen atoms in total. The Balaban J connectivity index is 1.61. The van der Waals surface area contributed by atoms with Gasteiger partial charge >= 0.3 is 11.9 Å². The zero-order valence-electron chi connectivity index (χ0n) is 19.9. The minimum atomic E-state index is -1.04. The number of unbranched alkanes of at least 4 members (excludes halogenated alkanes) is 1. The molecule has 0 fully saturated rings. The summed E-state index contributed by atoms with van der Waals surface area (Å²) in [5.41, 5.74) is 8.78. The summed E-state index contributed by atoms with van der Waals surface area (Å²) in [5.74, 6) is -2.31. The normalized spacial score (nSPS) is 14.0. The topological polar surface area (TPSA) is 157 Å². The second kappa shape index (κ2) is 12.9. The first-order chi connectivity index (χ1) is 17.3. The third-order valence-corrected chi connectivity index (χ3v) is 7.08. The number of hydrogen-bond donors (Lipinski definition) is 4. The molecular weight excluding hydrogens is 480 g/mol. The summed E-state index contributed by atoms with van der Waals surface area (Å²) in [4.78, 5) is 38.0. The molecule has 1 aliphatic heterocycles. The van der Waals surface area contributed by atoms with E-state index >= 15 is 0 Å². The number of nitrogens with two attached hydrogens (primary N) is 1. The molecule has 2 heterocycles. The Morgan fingerprint density at radius 1 is 1.22 bits per heavy atom. The number of nitriles is 1. The number of carbonyl (C=O) groups excluding carboxylic acids is 1. The van der Waals surface area contributed by atoms with Crippen molar-refractivity contribution in [2.24, 2.45) is 5.73 Å². The molecule has 190 valence electrons. The highest BCUT2D eigenvalue weighted by atomic mass is 32.1. The monoisotopic (exact) mass is 510 g/mol. The molecule has 0 radical (unpaired) electrons. The lowest BCUT2D eigenvalue weighted by Gasteiger charge is -2.31. The molecule has 0 aliphatic carbocycles. The van der Waals surface area contributed by atoms with Crippen molar-refractivity contribution in [1.29, 1.82) is 5.26 Å². The molecule has 5 N–H and O–H groups in total. The first-order valence-corrected chi connectivity index (χ1v) is 12.7. The summed E-state index contributed by atoms with van der Waals surface area (Å²) in [6.45, 7) is 1.67. The van der Waals surface area contributed by atoms with Gasteiger partial charge in [-0.3, -0.25) is 14.4 Å². The zero-order valence-corrected chi connectivity index (χ0v) is 20.7. The van der Waals surface area contributed by atoms with Crippen LogP contribution in [0, 0.1) is 11.3 Å². The maximum absolute atomic E-state index is 12.4. The quantitative estimate of drug-likeness (QED) is 0.193. The van der Waals surface area contributed by atoms with Gasteiger partial charge in [-0.05, 0) is 73.6 Å². The smallest absolute Gasteiger partial charge is 0.320 e. The van der Waals surface area contributed by atoms with Gasteiger partial charge in [-0.15, -0.1) is 11.3 Å². The van der Waals surface area contributed by atoms with E-state index in [1.54, 1.807) is 6.08 Å². The molecule has 10 heteroatoms. The van der Waals surface area contributed by atoms with E-state index in [4.69, 9.17) is 15.9 Å². The number of nitrogens with zero attached hydrogens (tertiary/aromatic N) is 2. The lowest BCUT2D eigenvalue weighted by molar-refractivity contribution is -0.139. The van der Waals surface area contributed by atoms with Crippen molar-refractivity contribution in [1.82, 2.24) is 5.32 Å². The third kappa shape index (κ3) is 7.41. The van der Waals surface area contributed by atoms with Crippen LogP contribution in [0.3, 0.4) is 0 Å². The predicted octanol–water partition coefficient (Wildman–Crippen LogP) is 3.25. The predicted molar refractivity (Wildman–Crippen MR) is 139 cm³/mol. The summed E-state index contributed by atoms with van der Waals surface area (Å²) < 4.78 is 0. The van der Waals surface area contributed by atoms with E-state index in [2.05, 4.69) is 16.3 Å². The fourth-order valence-electron chi connectivity index (χ4n) is 4.08. The molecule has 1 amide bonds. The molecule has 0 spiro atoms. The first-order valence-electron chi connectivity index (χ1n) is 11.9. The molecule has 1 aliphatic rings. The Labute approximate surface area is 213 Å². The highest BCUT2D eigenvalue weighted by Crippen LogP contribution is 2.35. The number of hydrogen-bond acceptors (Lipinski definition) is 7. The molecule has 0 bridgehead atoms. The number of nitrogens with one attached hydrogen (secondary N) is 1. The van der Waals surface area contributed by atoms with Gasteiger partial charge in [-0.1, -0.05) is 6.07 Å². The van der Waals surface area contributed by atoms with Crippen LogP contribution in [-0.4, -0.2) is 53.7 Å².